The molecule has 0 bridgehead atoms. The minimum absolute atomic E-state index is 0.160. The quantitative estimate of drug-likeness (QED) is 0.871. The molecule has 0 aromatic heterocycles. The molecule has 0 amide bonds. The normalized spacial score (nSPS) is 21.2. The van der Waals surface area contributed by atoms with Gasteiger partial charge in [-0.05, 0) is 37.1 Å². The van der Waals surface area contributed by atoms with E-state index in [1.807, 2.05) is 24.3 Å². The largest absolute Gasteiger partial charge is 0.469 e. The molecule has 0 radical (unpaired) electrons. The first-order valence-corrected chi connectivity index (χ1v) is 6.58. The van der Waals surface area contributed by atoms with Crippen molar-refractivity contribution >= 4 is 21.9 Å². The number of methoxy groups -OCH3 is 1. The molecule has 1 aromatic rings. The maximum atomic E-state index is 11.9. The van der Waals surface area contributed by atoms with E-state index in [4.69, 9.17) is 4.74 Å². The van der Waals surface area contributed by atoms with Crippen LogP contribution in [0.5, 0.6) is 0 Å². The highest BCUT2D eigenvalue weighted by molar-refractivity contribution is 9.10. The van der Waals surface area contributed by atoms with Crippen molar-refractivity contribution in [3.8, 4) is 0 Å². The Morgan fingerprint density at radius 1 is 1.47 bits per heavy atom. The van der Waals surface area contributed by atoms with Gasteiger partial charge in [0.15, 0.2) is 0 Å². The van der Waals surface area contributed by atoms with Gasteiger partial charge in [0.1, 0.15) is 0 Å². The summed E-state index contributed by atoms with van der Waals surface area (Å²) in [5.74, 6) is -0.359. The molecule has 0 aliphatic carbocycles. The second kappa shape index (κ2) is 5.65. The molecule has 2 rings (SSSR count). The molecule has 0 spiro atoms. The lowest BCUT2D eigenvalue weighted by Crippen LogP contribution is -2.34. The van der Waals surface area contributed by atoms with Crippen molar-refractivity contribution < 1.29 is 9.53 Å². The van der Waals surface area contributed by atoms with Gasteiger partial charge < -0.3 is 10.1 Å². The van der Waals surface area contributed by atoms with Crippen molar-refractivity contribution in [2.24, 2.45) is 0 Å². The van der Waals surface area contributed by atoms with Crippen LogP contribution in [0.1, 0.15) is 24.3 Å². The average Bonchev–Trinajstić information content (AvgIpc) is 2.85. The summed E-state index contributed by atoms with van der Waals surface area (Å²) in [6.45, 7) is 0.981. The van der Waals surface area contributed by atoms with Crippen LogP contribution >= 0.6 is 15.9 Å². The maximum Gasteiger partial charge on any atom is 0.314 e. The van der Waals surface area contributed by atoms with E-state index < -0.39 is 0 Å². The Morgan fingerprint density at radius 3 is 2.71 bits per heavy atom. The number of halogens is 1. The van der Waals surface area contributed by atoms with Crippen LogP contribution in [0.3, 0.4) is 0 Å². The number of ether oxygens (including phenoxy) is 1. The fourth-order valence-corrected chi connectivity index (χ4v) is 2.59. The lowest BCUT2D eigenvalue weighted by atomic mass is 9.90. The summed E-state index contributed by atoms with van der Waals surface area (Å²) in [4.78, 5) is 11.9. The van der Waals surface area contributed by atoms with E-state index in [0.29, 0.717) is 0 Å². The van der Waals surface area contributed by atoms with E-state index in [1.165, 1.54) is 7.11 Å². The first-order chi connectivity index (χ1) is 8.22. The van der Waals surface area contributed by atoms with Crippen molar-refractivity contribution in [3.05, 3.63) is 34.3 Å². The van der Waals surface area contributed by atoms with E-state index in [0.717, 1.165) is 29.4 Å². The number of nitrogens with one attached hydrogen (secondary N) is 1. The molecule has 0 unspecified atom stereocenters. The third-order valence-corrected chi connectivity index (χ3v) is 3.71. The Labute approximate surface area is 110 Å². The molecule has 4 heteroatoms. The molecule has 92 valence electrons. The van der Waals surface area contributed by atoms with Gasteiger partial charge in [-0.15, -0.1) is 0 Å². The number of hydrogen-bond donors (Lipinski definition) is 1. The summed E-state index contributed by atoms with van der Waals surface area (Å²) in [6, 6.07) is 8.07. The summed E-state index contributed by atoms with van der Waals surface area (Å²) >= 11 is 3.40. The monoisotopic (exact) mass is 297 g/mol. The topological polar surface area (TPSA) is 38.3 Å². The van der Waals surface area contributed by atoms with Gasteiger partial charge in [0, 0.05) is 10.5 Å². The second-order valence-electron chi connectivity index (χ2n) is 4.26. The first kappa shape index (κ1) is 12.6. The molecule has 1 aromatic carbocycles. The zero-order valence-corrected chi connectivity index (χ0v) is 11.4. The van der Waals surface area contributed by atoms with Crippen molar-refractivity contribution in [2.45, 2.75) is 24.8 Å². The first-order valence-electron chi connectivity index (χ1n) is 5.79. The lowest BCUT2D eigenvalue weighted by Gasteiger charge is -2.21. The SMILES string of the molecule is COC(=O)[C@H](c1ccc(Br)cc1)[C@@H]1CCCN1. The minimum Gasteiger partial charge on any atom is -0.469 e. The van der Waals surface area contributed by atoms with Gasteiger partial charge in [-0.1, -0.05) is 28.1 Å². The molecule has 0 saturated carbocycles. The Bertz CT molecular complexity index is 385. The third-order valence-electron chi connectivity index (χ3n) is 3.19. The fourth-order valence-electron chi connectivity index (χ4n) is 2.33. The molecule has 1 saturated heterocycles. The molecule has 1 aliphatic rings. The average molecular weight is 298 g/mol. The van der Waals surface area contributed by atoms with Gasteiger partial charge in [0.2, 0.25) is 0 Å². The number of rotatable bonds is 3. The Hall–Kier alpha value is -0.870. The maximum absolute atomic E-state index is 11.9. The Balaban J connectivity index is 2.25. The van der Waals surface area contributed by atoms with Crippen LogP contribution in [0.15, 0.2) is 28.7 Å². The standard InChI is InChI=1S/C13H16BrNO2/c1-17-13(16)12(11-3-2-8-15-11)9-4-6-10(14)7-5-9/h4-7,11-12,15H,2-3,8H2,1H3/t11-,12+/m0/s1. The molecule has 3 nitrogen and oxygen atoms in total. The van der Waals surface area contributed by atoms with Crippen LogP contribution in [0.2, 0.25) is 0 Å². The highest BCUT2D eigenvalue weighted by Gasteiger charge is 2.32. The number of benzene rings is 1. The fraction of sp³-hybridized carbons (Fsp3) is 0.462. The van der Waals surface area contributed by atoms with Crippen LogP contribution in [-0.2, 0) is 9.53 Å². The predicted octanol–water partition coefficient (Wildman–Crippen LogP) is 2.46. The summed E-state index contributed by atoms with van der Waals surface area (Å²) in [7, 11) is 1.45. The van der Waals surface area contributed by atoms with E-state index >= 15 is 0 Å². The van der Waals surface area contributed by atoms with Crippen LogP contribution < -0.4 is 5.32 Å². The van der Waals surface area contributed by atoms with Gasteiger partial charge in [0.25, 0.3) is 0 Å². The van der Waals surface area contributed by atoms with Gasteiger partial charge >= 0.3 is 5.97 Å². The summed E-state index contributed by atoms with van der Waals surface area (Å²) < 4.78 is 5.94. The van der Waals surface area contributed by atoms with Gasteiger partial charge in [0.05, 0.1) is 13.0 Å². The Morgan fingerprint density at radius 2 is 2.18 bits per heavy atom. The molecule has 1 aliphatic heterocycles. The van der Waals surface area contributed by atoms with E-state index in [2.05, 4.69) is 21.2 Å². The number of esters is 1. The van der Waals surface area contributed by atoms with Crippen LogP contribution in [0.25, 0.3) is 0 Å². The van der Waals surface area contributed by atoms with Crippen molar-refractivity contribution in [2.75, 3.05) is 13.7 Å². The minimum atomic E-state index is -0.199. The lowest BCUT2D eigenvalue weighted by molar-refractivity contribution is -0.143. The number of carbonyl (C=O) groups excluding carboxylic acids is 1. The zero-order valence-electron chi connectivity index (χ0n) is 9.78. The van der Waals surface area contributed by atoms with Crippen LogP contribution in [-0.4, -0.2) is 25.7 Å². The van der Waals surface area contributed by atoms with E-state index in [9.17, 15) is 4.79 Å². The molecule has 1 heterocycles. The molecule has 1 N–H and O–H groups in total. The molecular weight excluding hydrogens is 282 g/mol. The van der Waals surface area contributed by atoms with Crippen molar-refractivity contribution in [3.63, 3.8) is 0 Å². The number of carbonyl (C=O) groups is 1. The van der Waals surface area contributed by atoms with E-state index in [1.54, 1.807) is 0 Å². The van der Waals surface area contributed by atoms with Gasteiger partial charge in [-0.25, -0.2) is 0 Å². The second-order valence-corrected chi connectivity index (χ2v) is 5.17. The molecule has 1 fully saturated rings. The smallest absolute Gasteiger partial charge is 0.314 e. The summed E-state index contributed by atoms with van der Waals surface area (Å²) in [5, 5.41) is 3.37. The van der Waals surface area contributed by atoms with Gasteiger partial charge in [-0.3, -0.25) is 4.79 Å². The Kier molecular flexibility index (Phi) is 4.18. The van der Waals surface area contributed by atoms with Gasteiger partial charge in [-0.2, -0.15) is 0 Å². The van der Waals surface area contributed by atoms with Crippen LogP contribution in [0, 0.1) is 0 Å². The highest BCUT2D eigenvalue weighted by atomic mass is 79.9. The van der Waals surface area contributed by atoms with Crippen LogP contribution in [0.4, 0.5) is 0 Å². The number of hydrogen-bond acceptors (Lipinski definition) is 3. The molecular formula is C13H16BrNO2. The van der Waals surface area contributed by atoms with Crippen molar-refractivity contribution in [1.29, 1.82) is 0 Å². The predicted molar refractivity (Wildman–Crippen MR) is 69.9 cm³/mol. The molecule has 2 atom stereocenters. The zero-order chi connectivity index (χ0) is 12.3. The summed E-state index contributed by atoms with van der Waals surface area (Å²) in [5.41, 5.74) is 1.01. The molecule has 17 heavy (non-hydrogen) atoms. The van der Waals surface area contributed by atoms with Crippen molar-refractivity contribution in [1.82, 2.24) is 5.32 Å². The highest BCUT2D eigenvalue weighted by Crippen LogP contribution is 2.27. The third kappa shape index (κ3) is 2.87. The summed E-state index contributed by atoms with van der Waals surface area (Å²) in [6.07, 6.45) is 2.14. The van der Waals surface area contributed by atoms with E-state index in [-0.39, 0.29) is 17.9 Å².